The second-order valence-corrected chi connectivity index (χ2v) is 8.51. The average Bonchev–Trinajstić information content (AvgIpc) is 3.51. The molecule has 0 saturated heterocycles. The molecule has 1 aliphatic rings. The standard InChI is InChI=1S/C24H26FN3O4/c1-24(2,3)32-23(31)28-19-12-9-17(25)14-20(19)27-21(29)13-6-15-4-7-16(8-5-15)22(30)26-18-10-11-18/h4-9,12-14,18H,10-11H2,1-3H3,(H,26,30)(H,27,29)(H,28,31)/b13-6+. The van der Waals surface area contributed by atoms with Gasteiger partial charge in [0.1, 0.15) is 11.4 Å². The van der Waals surface area contributed by atoms with Crippen LogP contribution >= 0.6 is 0 Å². The number of amides is 3. The lowest BCUT2D eigenvalue weighted by atomic mass is 10.1. The minimum atomic E-state index is -0.721. The minimum absolute atomic E-state index is 0.0950. The van der Waals surface area contributed by atoms with Gasteiger partial charge in [0.05, 0.1) is 11.4 Å². The predicted octanol–water partition coefficient (Wildman–Crippen LogP) is 4.72. The number of anilines is 2. The van der Waals surface area contributed by atoms with E-state index in [0.717, 1.165) is 24.5 Å². The van der Waals surface area contributed by atoms with E-state index in [1.807, 2.05) is 0 Å². The summed E-state index contributed by atoms with van der Waals surface area (Å²) in [5.74, 6) is -1.20. The highest BCUT2D eigenvalue weighted by Crippen LogP contribution is 2.24. The molecule has 3 rings (SSSR count). The molecule has 2 aromatic carbocycles. The summed E-state index contributed by atoms with van der Waals surface area (Å²) >= 11 is 0. The second-order valence-electron chi connectivity index (χ2n) is 8.51. The van der Waals surface area contributed by atoms with Crippen molar-refractivity contribution in [2.24, 2.45) is 0 Å². The van der Waals surface area contributed by atoms with Gasteiger partial charge in [0, 0.05) is 17.7 Å². The van der Waals surface area contributed by atoms with Gasteiger partial charge in [-0.1, -0.05) is 12.1 Å². The van der Waals surface area contributed by atoms with Crippen molar-refractivity contribution in [3.8, 4) is 0 Å². The summed E-state index contributed by atoms with van der Waals surface area (Å²) in [4.78, 5) is 36.4. The fourth-order valence-corrected chi connectivity index (χ4v) is 2.73. The molecule has 8 heteroatoms. The molecular weight excluding hydrogens is 413 g/mol. The van der Waals surface area contributed by atoms with E-state index in [1.165, 1.54) is 18.2 Å². The number of rotatable bonds is 6. The molecule has 0 radical (unpaired) electrons. The lowest BCUT2D eigenvalue weighted by Crippen LogP contribution is -2.27. The highest BCUT2D eigenvalue weighted by molar-refractivity contribution is 6.05. The Bertz CT molecular complexity index is 1040. The third-order valence-corrected chi connectivity index (χ3v) is 4.39. The van der Waals surface area contributed by atoms with Crippen LogP contribution in [0.3, 0.4) is 0 Å². The Hall–Kier alpha value is -3.68. The van der Waals surface area contributed by atoms with Gasteiger partial charge in [0.15, 0.2) is 0 Å². The first-order valence-electron chi connectivity index (χ1n) is 10.3. The first-order valence-corrected chi connectivity index (χ1v) is 10.3. The maximum atomic E-state index is 13.7. The molecule has 0 unspecified atom stereocenters. The van der Waals surface area contributed by atoms with Gasteiger partial charge in [0.25, 0.3) is 5.91 Å². The fraction of sp³-hybridized carbons (Fsp3) is 0.292. The summed E-state index contributed by atoms with van der Waals surface area (Å²) in [6.07, 6.45) is 4.16. The maximum absolute atomic E-state index is 13.7. The van der Waals surface area contributed by atoms with Crippen molar-refractivity contribution in [1.82, 2.24) is 5.32 Å². The van der Waals surface area contributed by atoms with Gasteiger partial charge < -0.3 is 15.4 Å². The Balaban J connectivity index is 1.62. The van der Waals surface area contributed by atoms with Crippen LogP contribution in [0, 0.1) is 5.82 Å². The van der Waals surface area contributed by atoms with Gasteiger partial charge >= 0.3 is 6.09 Å². The molecule has 0 bridgehead atoms. The van der Waals surface area contributed by atoms with Crippen molar-refractivity contribution in [3.63, 3.8) is 0 Å². The number of benzene rings is 2. The van der Waals surface area contributed by atoms with E-state index in [4.69, 9.17) is 4.74 Å². The van der Waals surface area contributed by atoms with Crippen LogP contribution in [0.25, 0.3) is 6.08 Å². The number of hydrogen-bond acceptors (Lipinski definition) is 4. The molecule has 32 heavy (non-hydrogen) atoms. The maximum Gasteiger partial charge on any atom is 0.412 e. The highest BCUT2D eigenvalue weighted by atomic mass is 19.1. The van der Waals surface area contributed by atoms with Crippen LogP contribution in [0.4, 0.5) is 20.6 Å². The van der Waals surface area contributed by atoms with Crippen molar-refractivity contribution in [3.05, 3.63) is 65.5 Å². The van der Waals surface area contributed by atoms with E-state index >= 15 is 0 Å². The lowest BCUT2D eigenvalue weighted by Gasteiger charge is -2.20. The summed E-state index contributed by atoms with van der Waals surface area (Å²) in [6, 6.07) is 10.7. The molecule has 3 N–H and O–H groups in total. The van der Waals surface area contributed by atoms with Crippen LogP contribution in [0.2, 0.25) is 0 Å². The molecule has 168 valence electrons. The van der Waals surface area contributed by atoms with Gasteiger partial charge in [-0.3, -0.25) is 14.9 Å². The summed E-state index contributed by atoms with van der Waals surface area (Å²) in [7, 11) is 0. The van der Waals surface area contributed by atoms with Gasteiger partial charge in [-0.15, -0.1) is 0 Å². The molecule has 7 nitrogen and oxygen atoms in total. The van der Waals surface area contributed by atoms with Crippen molar-refractivity contribution < 1.29 is 23.5 Å². The van der Waals surface area contributed by atoms with E-state index in [1.54, 1.807) is 51.1 Å². The monoisotopic (exact) mass is 439 g/mol. The third-order valence-electron chi connectivity index (χ3n) is 4.39. The Morgan fingerprint density at radius 2 is 1.69 bits per heavy atom. The fourth-order valence-electron chi connectivity index (χ4n) is 2.73. The van der Waals surface area contributed by atoms with E-state index in [-0.39, 0.29) is 23.3 Å². The van der Waals surface area contributed by atoms with Gasteiger partial charge in [-0.2, -0.15) is 0 Å². The molecule has 0 atom stereocenters. The molecule has 0 aromatic heterocycles. The zero-order chi connectivity index (χ0) is 23.3. The minimum Gasteiger partial charge on any atom is -0.444 e. The average molecular weight is 439 g/mol. The van der Waals surface area contributed by atoms with Crippen LogP contribution in [0.1, 0.15) is 49.5 Å². The van der Waals surface area contributed by atoms with Gasteiger partial charge in [0.2, 0.25) is 5.91 Å². The smallest absolute Gasteiger partial charge is 0.412 e. The highest BCUT2D eigenvalue weighted by Gasteiger charge is 2.23. The first-order chi connectivity index (χ1) is 15.1. The van der Waals surface area contributed by atoms with Crippen LogP contribution in [0.15, 0.2) is 48.5 Å². The zero-order valence-corrected chi connectivity index (χ0v) is 18.2. The van der Waals surface area contributed by atoms with Crippen molar-refractivity contribution >= 4 is 35.4 Å². The topological polar surface area (TPSA) is 96.5 Å². The number of halogens is 1. The van der Waals surface area contributed by atoms with Crippen LogP contribution in [-0.4, -0.2) is 29.6 Å². The molecule has 0 aliphatic heterocycles. The Kier molecular flexibility index (Phi) is 6.92. The SMILES string of the molecule is CC(C)(C)OC(=O)Nc1ccc(F)cc1NC(=O)/C=C/c1ccc(C(=O)NC2CC2)cc1. The summed E-state index contributed by atoms with van der Waals surface area (Å²) in [5, 5.41) is 7.96. The Morgan fingerprint density at radius 3 is 2.31 bits per heavy atom. The van der Waals surface area contributed by atoms with E-state index in [2.05, 4.69) is 16.0 Å². The molecule has 1 saturated carbocycles. The third kappa shape index (κ3) is 7.23. The van der Waals surface area contributed by atoms with Gasteiger partial charge in [-0.05, 0) is 75.6 Å². The summed E-state index contributed by atoms with van der Waals surface area (Å²) < 4.78 is 18.9. The van der Waals surface area contributed by atoms with Crippen molar-refractivity contribution in [1.29, 1.82) is 0 Å². The quantitative estimate of drug-likeness (QED) is 0.568. The van der Waals surface area contributed by atoms with E-state index in [9.17, 15) is 18.8 Å². The normalized spacial score (nSPS) is 13.5. The number of carbonyl (C=O) groups is 3. The molecule has 3 amide bonds. The zero-order valence-electron chi connectivity index (χ0n) is 18.2. The summed E-state index contributed by atoms with van der Waals surface area (Å²) in [6.45, 7) is 5.16. The Labute approximate surface area is 186 Å². The molecule has 1 aliphatic carbocycles. The van der Waals surface area contributed by atoms with E-state index in [0.29, 0.717) is 5.56 Å². The first kappa shape index (κ1) is 23.0. The van der Waals surface area contributed by atoms with E-state index < -0.39 is 23.4 Å². The second kappa shape index (κ2) is 9.64. The molecule has 0 heterocycles. The predicted molar refractivity (Wildman–Crippen MR) is 121 cm³/mol. The van der Waals surface area contributed by atoms with Crippen LogP contribution in [0.5, 0.6) is 0 Å². The lowest BCUT2D eigenvalue weighted by molar-refractivity contribution is -0.111. The molecule has 2 aromatic rings. The van der Waals surface area contributed by atoms with Gasteiger partial charge in [-0.25, -0.2) is 9.18 Å². The van der Waals surface area contributed by atoms with Crippen LogP contribution < -0.4 is 16.0 Å². The van der Waals surface area contributed by atoms with Crippen molar-refractivity contribution in [2.45, 2.75) is 45.3 Å². The van der Waals surface area contributed by atoms with Crippen molar-refractivity contribution in [2.75, 3.05) is 10.6 Å². The molecule has 1 fully saturated rings. The van der Waals surface area contributed by atoms with Crippen LogP contribution in [-0.2, 0) is 9.53 Å². The molecular formula is C24H26FN3O4. The number of nitrogens with one attached hydrogen (secondary N) is 3. The summed E-state index contributed by atoms with van der Waals surface area (Å²) in [5.41, 5.74) is 0.862. The largest absolute Gasteiger partial charge is 0.444 e. The number of ether oxygens (including phenoxy) is 1. The molecule has 0 spiro atoms. The number of hydrogen-bond donors (Lipinski definition) is 3. The number of carbonyl (C=O) groups excluding carboxylic acids is 3. The Morgan fingerprint density at radius 1 is 1.00 bits per heavy atom.